The Kier molecular flexibility index (Phi) is 7.87. The van der Waals surface area contributed by atoms with E-state index in [9.17, 15) is 0 Å². The maximum atomic E-state index is 3.46. The van der Waals surface area contributed by atoms with Crippen molar-refractivity contribution in [2.75, 3.05) is 26.2 Å². The number of hydrogen-bond acceptors (Lipinski definition) is 2. The van der Waals surface area contributed by atoms with Crippen LogP contribution in [0.2, 0.25) is 0 Å². The van der Waals surface area contributed by atoms with E-state index in [1.54, 1.807) is 0 Å². The summed E-state index contributed by atoms with van der Waals surface area (Å²) in [5, 5.41) is 3.46. The maximum Gasteiger partial charge on any atom is 0.0232 e. The van der Waals surface area contributed by atoms with Crippen molar-refractivity contribution < 1.29 is 0 Å². The van der Waals surface area contributed by atoms with Crippen LogP contribution in [0.3, 0.4) is 0 Å². The van der Waals surface area contributed by atoms with Gasteiger partial charge in [-0.05, 0) is 32.5 Å². The monoisotopic (exact) mass is 226 g/mol. The molecule has 16 heavy (non-hydrogen) atoms. The van der Waals surface area contributed by atoms with Crippen molar-refractivity contribution in [3.8, 4) is 0 Å². The predicted octanol–water partition coefficient (Wildman–Crippen LogP) is 3.03. The van der Waals surface area contributed by atoms with Gasteiger partial charge in [0.05, 0.1) is 0 Å². The molecule has 0 aliphatic carbocycles. The Bertz CT molecular complexity index is 153. The van der Waals surface area contributed by atoms with Crippen molar-refractivity contribution >= 4 is 0 Å². The maximum absolute atomic E-state index is 3.46. The molecule has 0 bridgehead atoms. The summed E-state index contributed by atoms with van der Waals surface area (Å²) in [6.45, 7) is 9.55. The number of hydrogen-bond donors (Lipinski definition) is 1. The van der Waals surface area contributed by atoms with Gasteiger partial charge >= 0.3 is 0 Å². The lowest BCUT2D eigenvalue weighted by Crippen LogP contribution is -2.37. The Morgan fingerprint density at radius 3 is 2.44 bits per heavy atom. The topological polar surface area (TPSA) is 15.3 Å². The first-order valence-corrected chi connectivity index (χ1v) is 7.33. The van der Waals surface area contributed by atoms with Gasteiger partial charge in [0.1, 0.15) is 0 Å². The highest BCUT2D eigenvalue weighted by atomic mass is 15.2. The van der Waals surface area contributed by atoms with Crippen molar-refractivity contribution in [2.45, 2.75) is 64.8 Å². The van der Waals surface area contributed by atoms with Crippen LogP contribution in [-0.4, -0.2) is 37.1 Å². The third-order valence-electron chi connectivity index (χ3n) is 3.76. The minimum atomic E-state index is 0.820. The fourth-order valence-electron chi connectivity index (χ4n) is 2.65. The molecule has 0 amide bonds. The van der Waals surface area contributed by atoms with Gasteiger partial charge in [-0.2, -0.15) is 0 Å². The van der Waals surface area contributed by atoms with Crippen LogP contribution in [0.25, 0.3) is 0 Å². The molecule has 96 valence electrons. The largest absolute Gasteiger partial charge is 0.315 e. The van der Waals surface area contributed by atoms with Crippen LogP contribution in [-0.2, 0) is 0 Å². The van der Waals surface area contributed by atoms with Gasteiger partial charge in [-0.3, -0.25) is 4.90 Å². The molecule has 0 aromatic heterocycles. The lowest BCUT2D eigenvalue weighted by Gasteiger charge is -2.26. The van der Waals surface area contributed by atoms with Crippen molar-refractivity contribution in [1.29, 1.82) is 0 Å². The van der Waals surface area contributed by atoms with Crippen LogP contribution in [0.1, 0.15) is 58.8 Å². The lowest BCUT2D eigenvalue weighted by atomic mass is 10.1. The number of unbranched alkanes of at least 4 members (excludes halogenated alkanes) is 5. The summed E-state index contributed by atoms with van der Waals surface area (Å²) in [6.07, 6.45) is 9.83. The minimum absolute atomic E-state index is 0.820. The van der Waals surface area contributed by atoms with Crippen molar-refractivity contribution in [2.24, 2.45) is 0 Å². The SMILES string of the molecule is CCCCCCCCN(CC)C1CCNC1. The smallest absolute Gasteiger partial charge is 0.0232 e. The molecule has 0 aromatic rings. The predicted molar refractivity (Wildman–Crippen MR) is 71.9 cm³/mol. The average Bonchev–Trinajstić information content (AvgIpc) is 2.82. The molecule has 1 aliphatic rings. The van der Waals surface area contributed by atoms with Gasteiger partial charge in [-0.15, -0.1) is 0 Å². The second-order valence-corrected chi connectivity index (χ2v) is 5.04. The van der Waals surface area contributed by atoms with E-state index in [-0.39, 0.29) is 0 Å². The van der Waals surface area contributed by atoms with E-state index in [0.717, 1.165) is 6.04 Å². The molecule has 2 heteroatoms. The molecule has 0 aromatic carbocycles. The number of likely N-dealkylation sites (N-methyl/N-ethyl adjacent to an activating group) is 1. The zero-order chi connectivity index (χ0) is 11.6. The van der Waals surface area contributed by atoms with E-state index in [1.807, 2.05) is 0 Å². The first-order valence-electron chi connectivity index (χ1n) is 7.33. The Balaban J connectivity index is 2.00. The molecule has 1 rings (SSSR count). The van der Waals surface area contributed by atoms with Crippen molar-refractivity contribution in [1.82, 2.24) is 10.2 Å². The van der Waals surface area contributed by atoms with E-state index in [2.05, 4.69) is 24.1 Å². The lowest BCUT2D eigenvalue weighted by molar-refractivity contribution is 0.214. The Morgan fingerprint density at radius 1 is 1.06 bits per heavy atom. The first kappa shape index (κ1) is 14.0. The number of nitrogens with zero attached hydrogens (tertiary/aromatic N) is 1. The molecular weight excluding hydrogens is 196 g/mol. The second-order valence-electron chi connectivity index (χ2n) is 5.04. The molecule has 1 heterocycles. The quantitative estimate of drug-likeness (QED) is 0.608. The summed E-state index contributed by atoms with van der Waals surface area (Å²) in [7, 11) is 0. The van der Waals surface area contributed by atoms with Gasteiger partial charge in [0.15, 0.2) is 0 Å². The molecule has 2 nitrogen and oxygen atoms in total. The third kappa shape index (κ3) is 5.31. The van der Waals surface area contributed by atoms with Crippen LogP contribution < -0.4 is 5.32 Å². The van der Waals surface area contributed by atoms with E-state index in [0.29, 0.717) is 0 Å². The van der Waals surface area contributed by atoms with E-state index < -0.39 is 0 Å². The van der Waals surface area contributed by atoms with Crippen molar-refractivity contribution in [3.63, 3.8) is 0 Å². The molecule has 0 saturated carbocycles. The van der Waals surface area contributed by atoms with Gasteiger partial charge in [0.2, 0.25) is 0 Å². The molecule has 1 aliphatic heterocycles. The number of nitrogens with one attached hydrogen (secondary N) is 1. The third-order valence-corrected chi connectivity index (χ3v) is 3.76. The minimum Gasteiger partial charge on any atom is -0.315 e. The molecular formula is C14H30N2. The molecule has 1 N–H and O–H groups in total. The van der Waals surface area contributed by atoms with Gasteiger partial charge in [0.25, 0.3) is 0 Å². The first-order chi connectivity index (χ1) is 7.88. The summed E-state index contributed by atoms with van der Waals surface area (Å²) < 4.78 is 0. The van der Waals surface area contributed by atoms with Gasteiger partial charge in [0, 0.05) is 12.6 Å². The van der Waals surface area contributed by atoms with E-state index >= 15 is 0 Å². The summed E-state index contributed by atoms with van der Waals surface area (Å²) >= 11 is 0. The Labute approximate surface area is 102 Å². The van der Waals surface area contributed by atoms with Gasteiger partial charge in [-0.1, -0.05) is 46.0 Å². The highest BCUT2D eigenvalue weighted by molar-refractivity contribution is 4.79. The molecule has 1 saturated heterocycles. The summed E-state index contributed by atoms with van der Waals surface area (Å²) in [4.78, 5) is 2.67. The van der Waals surface area contributed by atoms with Crippen LogP contribution in [0, 0.1) is 0 Å². The summed E-state index contributed by atoms with van der Waals surface area (Å²) in [6, 6.07) is 0.820. The number of rotatable bonds is 9. The highest BCUT2D eigenvalue weighted by Crippen LogP contribution is 2.11. The zero-order valence-corrected chi connectivity index (χ0v) is 11.3. The summed E-state index contributed by atoms with van der Waals surface area (Å²) in [5.74, 6) is 0. The highest BCUT2D eigenvalue weighted by Gasteiger charge is 2.19. The van der Waals surface area contributed by atoms with Crippen LogP contribution in [0.5, 0.6) is 0 Å². The Morgan fingerprint density at radius 2 is 1.81 bits per heavy atom. The van der Waals surface area contributed by atoms with Crippen LogP contribution >= 0.6 is 0 Å². The fraction of sp³-hybridized carbons (Fsp3) is 1.00. The zero-order valence-electron chi connectivity index (χ0n) is 11.3. The molecule has 1 unspecified atom stereocenters. The van der Waals surface area contributed by atoms with Crippen LogP contribution in [0.15, 0.2) is 0 Å². The van der Waals surface area contributed by atoms with Crippen molar-refractivity contribution in [3.05, 3.63) is 0 Å². The van der Waals surface area contributed by atoms with Gasteiger partial charge < -0.3 is 5.32 Å². The normalized spacial score (nSPS) is 20.8. The molecule has 1 atom stereocenters. The second kappa shape index (κ2) is 9.00. The fourth-order valence-corrected chi connectivity index (χ4v) is 2.65. The molecule has 1 fully saturated rings. The standard InChI is InChI=1S/C14H30N2/c1-3-5-6-7-8-9-12-16(4-2)14-10-11-15-13-14/h14-15H,3-13H2,1-2H3. The average molecular weight is 226 g/mol. The summed E-state index contributed by atoms with van der Waals surface area (Å²) in [5.41, 5.74) is 0. The van der Waals surface area contributed by atoms with E-state index in [1.165, 1.54) is 71.1 Å². The Hall–Kier alpha value is -0.0800. The van der Waals surface area contributed by atoms with Crippen LogP contribution in [0.4, 0.5) is 0 Å². The van der Waals surface area contributed by atoms with Gasteiger partial charge in [-0.25, -0.2) is 0 Å². The molecule has 0 spiro atoms. The van der Waals surface area contributed by atoms with E-state index in [4.69, 9.17) is 0 Å². The molecule has 0 radical (unpaired) electrons.